The van der Waals surface area contributed by atoms with Gasteiger partial charge in [-0.3, -0.25) is 4.79 Å². The molecule has 0 aromatic carbocycles. The van der Waals surface area contributed by atoms with Gasteiger partial charge in [0.2, 0.25) is 15.9 Å². The van der Waals surface area contributed by atoms with Gasteiger partial charge in [-0.2, -0.15) is 4.31 Å². The quantitative estimate of drug-likeness (QED) is 0.720. The third-order valence-corrected chi connectivity index (χ3v) is 6.25. The first-order valence-electron chi connectivity index (χ1n) is 8.55. The van der Waals surface area contributed by atoms with E-state index in [0.29, 0.717) is 32.0 Å². The van der Waals surface area contributed by atoms with Crippen molar-refractivity contribution in [1.29, 1.82) is 0 Å². The lowest BCUT2D eigenvalue weighted by molar-refractivity contribution is -0.122. The van der Waals surface area contributed by atoms with E-state index in [1.54, 1.807) is 12.1 Å². The Morgan fingerprint density at radius 1 is 1.17 bits per heavy atom. The monoisotopic (exact) mass is 352 g/mol. The highest BCUT2D eigenvalue weighted by molar-refractivity contribution is 7.89. The average Bonchev–Trinajstić information content (AvgIpc) is 3.45. The third-order valence-electron chi connectivity index (χ3n) is 4.37. The molecule has 1 aliphatic carbocycles. The highest BCUT2D eigenvalue weighted by Crippen LogP contribution is 2.28. The Morgan fingerprint density at radius 3 is 2.54 bits per heavy atom. The Kier molecular flexibility index (Phi) is 5.35. The topological polar surface area (TPSA) is 91.4 Å². The number of piperidine rings is 1. The highest BCUT2D eigenvalue weighted by atomic mass is 32.2. The van der Waals surface area contributed by atoms with Crippen LogP contribution in [-0.2, 0) is 14.8 Å². The van der Waals surface area contributed by atoms with Gasteiger partial charge in [0.1, 0.15) is 10.7 Å². The van der Waals surface area contributed by atoms with E-state index in [2.05, 4.69) is 15.6 Å². The smallest absolute Gasteiger partial charge is 0.244 e. The van der Waals surface area contributed by atoms with Gasteiger partial charge < -0.3 is 10.6 Å². The molecular weight excluding hydrogens is 328 g/mol. The number of carbonyl (C=O) groups excluding carboxylic acids is 1. The van der Waals surface area contributed by atoms with E-state index in [1.807, 2.05) is 0 Å². The Hall–Kier alpha value is -1.67. The van der Waals surface area contributed by atoms with Crippen molar-refractivity contribution in [2.45, 2.75) is 37.0 Å². The minimum absolute atomic E-state index is 0.118. The molecule has 7 nitrogen and oxygen atoms in total. The number of amides is 1. The lowest BCUT2D eigenvalue weighted by Gasteiger charge is -2.25. The van der Waals surface area contributed by atoms with Crippen LogP contribution in [0.3, 0.4) is 0 Å². The number of hydrogen-bond donors (Lipinski definition) is 2. The maximum atomic E-state index is 12.5. The van der Waals surface area contributed by atoms with Gasteiger partial charge in [0.15, 0.2) is 0 Å². The molecule has 2 fully saturated rings. The summed E-state index contributed by atoms with van der Waals surface area (Å²) in [4.78, 5) is 15.9. The van der Waals surface area contributed by atoms with Gasteiger partial charge in [-0.05, 0) is 37.8 Å². The predicted octanol–water partition coefficient (Wildman–Crippen LogP) is 1.19. The van der Waals surface area contributed by atoms with Crippen LogP contribution >= 0.6 is 0 Å². The minimum Gasteiger partial charge on any atom is -0.368 e. The van der Waals surface area contributed by atoms with Crippen LogP contribution in [0.1, 0.15) is 32.1 Å². The zero-order valence-corrected chi connectivity index (χ0v) is 14.5. The van der Waals surface area contributed by atoms with Crippen molar-refractivity contribution in [3.8, 4) is 0 Å². The predicted molar refractivity (Wildman–Crippen MR) is 91.1 cm³/mol. The first kappa shape index (κ1) is 17.2. The molecular formula is C16H24N4O3S. The molecule has 1 aliphatic heterocycles. The van der Waals surface area contributed by atoms with E-state index >= 15 is 0 Å². The van der Waals surface area contributed by atoms with Crippen LogP contribution in [0.2, 0.25) is 0 Å². The number of rotatable bonds is 7. The molecule has 3 rings (SSSR count). The fraction of sp³-hybridized carbons (Fsp3) is 0.625. The number of anilines is 1. The first-order chi connectivity index (χ1) is 11.6. The molecule has 0 spiro atoms. The molecule has 0 atom stereocenters. The Bertz CT molecular complexity index is 665. The fourth-order valence-electron chi connectivity index (χ4n) is 2.76. The SMILES string of the molecule is O=C(NCCNc1ccc(S(=O)(=O)N2CCCCC2)cn1)C1CC1. The van der Waals surface area contributed by atoms with Crippen LogP contribution in [-0.4, -0.2) is 49.8 Å². The molecule has 1 aromatic rings. The van der Waals surface area contributed by atoms with Crippen LogP contribution in [0.15, 0.2) is 23.2 Å². The molecule has 2 N–H and O–H groups in total. The van der Waals surface area contributed by atoms with Crippen molar-refractivity contribution in [3.05, 3.63) is 18.3 Å². The fourth-order valence-corrected chi connectivity index (χ4v) is 4.22. The summed E-state index contributed by atoms with van der Waals surface area (Å²) in [6, 6.07) is 3.25. The van der Waals surface area contributed by atoms with Gasteiger partial charge in [0.25, 0.3) is 0 Å². The third kappa shape index (κ3) is 4.24. The maximum Gasteiger partial charge on any atom is 0.244 e. The van der Waals surface area contributed by atoms with Crippen molar-refractivity contribution in [2.24, 2.45) is 5.92 Å². The van der Waals surface area contributed by atoms with E-state index in [-0.39, 0.29) is 16.7 Å². The number of nitrogens with zero attached hydrogens (tertiary/aromatic N) is 2. The summed E-state index contributed by atoms with van der Waals surface area (Å²) >= 11 is 0. The van der Waals surface area contributed by atoms with Crippen molar-refractivity contribution in [1.82, 2.24) is 14.6 Å². The molecule has 2 aliphatic rings. The van der Waals surface area contributed by atoms with Crippen LogP contribution in [0.25, 0.3) is 0 Å². The second-order valence-electron chi connectivity index (χ2n) is 6.34. The van der Waals surface area contributed by atoms with Crippen molar-refractivity contribution in [2.75, 3.05) is 31.5 Å². The van der Waals surface area contributed by atoms with E-state index < -0.39 is 10.0 Å². The van der Waals surface area contributed by atoms with Crippen molar-refractivity contribution >= 4 is 21.7 Å². The largest absolute Gasteiger partial charge is 0.368 e. The lowest BCUT2D eigenvalue weighted by Crippen LogP contribution is -2.35. The molecule has 1 saturated carbocycles. The zero-order chi connectivity index (χ0) is 17.0. The number of sulfonamides is 1. The molecule has 1 amide bonds. The summed E-state index contributed by atoms with van der Waals surface area (Å²) in [6.45, 7) is 2.26. The maximum absolute atomic E-state index is 12.5. The summed E-state index contributed by atoms with van der Waals surface area (Å²) in [5.74, 6) is 0.934. The normalized spacial score (nSPS) is 19.0. The zero-order valence-electron chi connectivity index (χ0n) is 13.7. The molecule has 0 radical (unpaired) electrons. The second-order valence-corrected chi connectivity index (χ2v) is 8.27. The van der Waals surface area contributed by atoms with Gasteiger partial charge in [-0.15, -0.1) is 0 Å². The number of pyridine rings is 1. The number of nitrogens with one attached hydrogen (secondary N) is 2. The number of hydrogen-bond acceptors (Lipinski definition) is 5. The van der Waals surface area contributed by atoms with Crippen molar-refractivity contribution in [3.63, 3.8) is 0 Å². The Balaban J connectivity index is 1.50. The van der Waals surface area contributed by atoms with E-state index in [9.17, 15) is 13.2 Å². The molecule has 0 unspecified atom stereocenters. The van der Waals surface area contributed by atoms with Gasteiger partial charge in [-0.1, -0.05) is 6.42 Å². The summed E-state index contributed by atoms with van der Waals surface area (Å²) in [5.41, 5.74) is 0. The molecule has 1 saturated heterocycles. The van der Waals surface area contributed by atoms with E-state index in [0.717, 1.165) is 32.1 Å². The summed E-state index contributed by atoms with van der Waals surface area (Å²) < 4.78 is 26.6. The average molecular weight is 352 g/mol. The highest BCUT2D eigenvalue weighted by Gasteiger charge is 2.29. The summed E-state index contributed by atoms with van der Waals surface area (Å²) in [7, 11) is -3.43. The van der Waals surface area contributed by atoms with E-state index in [1.165, 1.54) is 10.5 Å². The number of aromatic nitrogens is 1. The van der Waals surface area contributed by atoms with Gasteiger partial charge in [0, 0.05) is 38.3 Å². The summed E-state index contributed by atoms with van der Waals surface area (Å²) in [5, 5.41) is 5.95. The van der Waals surface area contributed by atoms with Gasteiger partial charge >= 0.3 is 0 Å². The van der Waals surface area contributed by atoms with Gasteiger partial charge in [0.05, 0.1) is 0 Å². The molecule has 2 heterocycles. The van der Waals surface area contributed by atoms with E-state index in [4.69, 9.17) is 0 Å². The number of carbonyl (C=O) groups is 1. The molecule has 24 heavy (non-hydrogen) atoms. The van der Waals surface area contributed by atoms with Crippen LogP contribution < -0.4 is 10.6 Å². The standard InChI is InChI=1S/C16H24N4O3S/c21-16(13-4-5-13)18-9-8-17-15-7-6-14(12-19-15)24(22,23)20-10-2-1-3-11-20/h6-7,12-13H,1-5,8-11H2,(H,17,19)(H,18,21). The lowest BCUT2D eigenvalue weighted by atomic mass is 10.2. The molecule has 0 bridgehead atoms. The second kappa shape index (κ2) is 7.48. The van der Waals surface area contributed by atoms with Gasteiger partial charge in [-0.25, -0.2) is 13.4 Å². The first-order valence-corrected chi connectivity index (χ1v) is 9.99. The van der Waals surface area contributed by atoms with Crippen LogP contribution in [0.4, 0.5) is 5.82 Å². The van der Waals surface area contributed by atoms with Crippen molar-refractivity contribution < 1.29 is 13.2 Å². The molecule has 1 aromatic heterocycles. The molecule has 132 valence electrons. The van der Waals surface area contributed by atoms with Crippen LogP contribution in [0, 0.1) is 5.92 Å². The minimum atomic E-state index is -3.43. The Labute approximate surface area is 142 Å². The summed E-state index contributed by atoms with van der Waals surface area (Å²) in [6.07, 6.45) is 6.30. The molecule has 8 heteroatoms. The Morgan fingerprint density at radius 2 is 1.92 bits per heavy atom. The van der Waals surface area contributed by atoms with Crippen LogP contribution in [0.5, 0.6) is 0 Å².